The highest BCUT2D eigenvalue weighted by Gasteiger charge is 2.37. The molecular weight excluding hydrogens is 434 g/mol. The average Bonchev–Trinajstić information content (AvgIpc) is 3.22. The van der Waals surface area contributed by atoms with Crippen LogP contribution in [0.15, 0.2) is 23.1 Å². The fourth-order valence-corrected chi connectivity index (χ4v) is 7.18. The molecule has 1 saturated carbocycles. The topological polar surface area (TPSA) is 89.5 Å². The van der Waals surface area contributed by atoms with Crippen molar-refractivity contribution in [1.29, 1.82) is 0 Å². The first-order valence-electron chi connectivity index (χ1n) is 11.2. The lowest BCUT2D eigenvalue weighted by atomic mass is 9.75. The van der Waals surface area contributed by atoms with Gasteiger partial charge in [0.1, 0.15) is 22.0 Å². The van der Waals surface area contributed by atoms with E-state index in [0.29, 0.717) is 54.7 Å². The Morgan fingerprint density at radius 1 is 1.16 bits per heavy atom. The van der Waals surface area contributed by atoms with Crippen LogP contribution in [0.1, 0.15) is 52.9 Å². The van der Waals surface area contributed by atoms with E-state index in [1.54, 1.807) is 18.2 Å². The summed E-state index contributed by atoms with van der Waals surface area (Å²) in [5.74, 6) is 1.07. The maximum Gasteiger partial charge on any atom is 0.309 e. The number of nitrogens with zero attached hydrogens (tertiary/aromatic N) is 3. The summed E-state index contributed by atoms with van der Waals surface area (Å²) in [4.78, 5) is 13.1. The average molecular weight is 466 g/mol. The van der Waals surface area contributed by atoms with Crippen molar-refractivity contribution in [1.82, 2.24) is 13.1 Å². The molecule has 2 fully saturated rings. The Hall–Kier alpha value is -1.58. The molecule has 2 heterocycles. The highest BCUT2D eigenvalue weighted by Crippen LogP contribution is 2.36. The van der Waals surface area contributed by atoms with E-state index in [4.69, 9.17) is 4.74 Å². The first-order valence-corrected chi connectivity index (χ1v) is 13.4. The molecule has 1 aliphatic heterocycles. The summed E-state index contributed by atoms with van der Waals surface area (Å²) in [6.45, 7) is 7.24. The molecule has 0 amide bonds. The largest absolute Gasteiger partial charge is 0.462 e. The molecule has 0 bridgehead atoms. The Bertz CT molecular complexity index is 1030. The van der Waals surface area contributed by atoms with Crippen molar-refractivity contribution in [3.05, 3.63) is 18.2 Å². The molecule has 31 heavy (non-hydrogen) atoms. The molecule has 1 aromatic carbocycles. The number of hydrogen-bond acceptors (Lipinski definition) is 7. The van der Waals surface area contributed by atoms with Crippen molar-refractivity contribution in [3.63, 3.8) is 0 Å². The van der Waals surface area contributed by atoms with E-state index in [0.717, 1.165) is 24.6 Å². The first-order chi connectivity index (χ1) is 14.8. The Labute approximate surface area is 188 Å². The molecule has 1 aromatic heterocycles. The van der Waals surface area contributed by atoms with Gasteiger partial charge in [-0.1, -0.05) is 33.3 Å². The van der Waals surface area contributed by atoms with Crippen molar-refractivity contribution in [2.45, 2.75) is 63.9 Å². The van der Waals surface area contributed by atoms with Crippen molar-refractivity contribution in [2.24, 2.45) is 23.7 Å². The van der Waals surface area contributed by atoms with Gasteiger partial charge in [-0.2, -0.15) is 13.1 Å². The minimum atomic E-state index is -3.68. The number of hydrogen-bond donors (Lipinski definition) is 0. The van der Waals surface area contributed by atoms with Gasteiger partial charge in [0.2, 0.25) is 10.0 Å². The van der Waals surface area contributed by atoms with Crippen LogP contribution in [0.4, 0.5) is 0 Å². The third-order valence-electron chi connectivity index (χ3n) is 6.88. The van der Waals surface area contributed by atoms with Gasteiger partial charge in [0.25, 0.3) is 0 Å². The monoisotopic (exact) mass is 465 g/mol. The predicted molar refractivity (Wildman–Crippen MR) is 120 cm³/mol. The molecule has 2 aliphatic rings. The van der Waals surface area contributed by atoms with Crippen LogP contribution in [0.2, 0.25) is 0 Å². The number of aromatic nitrogens is 2. The number of ether oxygens (including phenoxy) is 1. The normalized spacial score (nSPS) is 26.4. The van der Waals surface area contributed by atoms with Gasteiger partial charge in [0.15, 0.2) is 0 Å². The fourth-order valence-electron chi connectivity index (χ4n) is 4.96. The minimum Gasteiger partial charge on any atom is -0.462 e. The molecule has 1 aliphatic carbocycles. The third kappa shape index (κ3) is 4.64. The molecular formula is C22H31N3O4S2. The van der Waals surface area contributed by atoms with Gasteiger partial charge in [-0.05, 0) is 55.6 Å². The summed E-state index contributed by atoms with van der Waals surface area (Å²) in [6.07, 6.45) is 4.16. The number of carbonyl (C=O) groups excluding carboxylic acids is 1. The SMILES string of the molecule is CC1CCC(C(C)C)C(OC(=O)C2CCN(S(=O)(=O)c3cccc4nsnc34)CC2)C1. The number of sulfonamides is 1. The Morgan fingerprint density at radius 3 is 2.61 bits per heavy atom. The second-order valence-corrected chi connectivity index (χ2v) is 11.8. The number of esters is 1. The Balaban J connectivity index is 1.40. The van der Waals surface area contributed by atoms with E-state index in [1.165, 1.54) is 10.7 Å². The second-order valence-electron chi connectivity index (χ2n) is 9.37. The number of rotatable bonds is 5. The summed E-state index contributed by atoms with van der Waals surface area (Å²) >= 11 is 1.01. The molecule has 3 unspecified atom stereocenters. The van der Waals surface area contributed by atoms with Crippen LogP contribution in [0, 0.1) is 23.7 Å². The van der Waals surface area contributed by atoms with Gasteiger partial charge in [0, 0.05) is 13.1 Å². The molecule has 4 rings (SSSR count). The second kappa shape index (κ2) is 9.11. The van der Waals surface area contributed by atoms with Gasteiger partial charge in [-0.25, -0.2) is 8.42 Å². The lowest BCUT2D eigenvalue weighted by molar-refractivity contribution is -0.162. The standard InChI is InChI=1S/C22H31N3O4S2/c1-14(2)17-8-7-15(3)13-19(17)29-22(26)16-9-11-25(12-10-16)31(27,28)20-6-4-5-18-21(20)24-30-23-18/h4-6,14-17,19H,7-13H2,1-3H3. The maximum atomic E-state index is 13.2. The van der Waals surface area contributed by atoms with Gasteiger partial charge >= 0.3 is 5.97 Å². The molecule has 3 atom stereocenters. The van der Waals surface area contributed by atoms with Crippen molar-refractivity contribution < 1.29 is 17.9 Å². The summed E-state index contributed by atoms with van der Waals surface area (Å²) in [7, 11) is -3.68. The van der Waals surface area contributed by atoms with E-state index < -0.39 is 10.0 Å². The highest BCUT2D eigenvalue weighted by atomic mass is 32.2. The van der Waals surface area contributed by atoms with Crippen LogP contribution >= 0.6 is 11.7 Å². The van der Waals surface area contributed by atoms with Crippen LogP contribution in [0.5, 0.6) is 0 Å². The lowest BCUT2D eigenvalue weighted by Gasteiger charge is -2.38. The summed E-state index contributed by atoms with van der Waals surface area (Å²) in [6, 6.07) is 5.03. The number of benzene rings is 1. The molecule has 0 spiro atoms. The quantitative estimate of drug-likeness (QED) is 0.618. The summed E-state index contributed by atoms with van der Waals surface area (Å²) in [5, 5.41) is 0. The van der Waals surface area contributed by atoms with Gasteiger partial charge in [0.05, 0.1) is 17.6 Å². The zero-order chi connectivity index (χ0) is 22.2. The number of fused-ring (bicyclic) bond motifs is 1. The molecule has 0 N–H and O–H groups in total. The smallest absolute Gasteiger partial charge is 0.309 e. The van der Waals surface area contributed by atoms with E-state index in [2.05, 4.69) is 29.5 Å². The van der Waals surface area contributed by atoms with Gasteiger partial charge < -0.3 is 4.74 Å². The van der Waals surface area contributed by atoms with E-state index >= 15 is 0 Å². The molecule has 9 heteroatoms. The lowest BCUT2D eigenvalue weighted by Crippen LogP contribution is -2.42. The Kier molecular flexibility index (Phi) is 6.65. The van der Waals surface area contributed by atoms with Crippen LogP contribution in [0.3, 0.4) is 0 Å². The van der Waals surface area contributed by atoms with Gasteiger partial charge in [-0.15, -0.1) is 0 Å². The predicted octanol–water partition coefficient (Wildman–Crippen LogP) is 4.10. The van der Waals surface area contributed by atoms with Gasteiger partial charge in [-0.3, -0.25) is 4.79 Å². The molecule has 2 aromatic rings. The van der Waals surface area contributed by atoms with Crippen LogP contribution in [0.25, 0.3) is 11.0 Å². The van der Waals surface area contributed by atoms with E-state index in [9.17, 15) is 13.2 Å². The molecule has 170 valence electrons. The van der Waals surface area contributed by atoms with E-state index in [-0.39, 0.29) is 22.9 Å². The van der Waals surface area contributed by atoms with Crippen molar-refractivity contribution in [3.8, 4) is 0 Å². The first kappa shape index (κ1) is 22.6. The van der Waals surface area contributed by atoms with Crippen LogP contribution in [-0.4, -0.2) is 46.6 Å². The minimum absolute atomic E-state index is 0.0206. The van der Waals surface area contributed by atoms with Crippen molar-refractivity contribution in [2.75, 3.05) is 13.1 Å². The number of piperidine rings is 1. The van der Waals surface area contributed by atoms with Crippen LogP contribution < -0.4 is 0 Å². The number of carbonyl (C=O) groups is 1. The molecule has 0 radical (unpaired) electrons. The molecule has 1 saturated heterocycles. The van der Waals surface area contributed by atoms with Crippen molar-refractivity contribution >= 4 is 38.8 Å². The molecule has 7 nitrogen and oxygen atoms in total. The third-order valence-corrected chi connectivity index (χ3v) is 9.36. The van der Waals surface area contributed by atoms with E-state index in [1.807, 2.05) is 0 Å². The highest BCUT2D eigenvalue weighted by molar-refractivity contribution is 7.89. The zero-order valence-electron chi connectivity index (χ0n) is 18.4. The Morgan fingerprint density at radius 2 is 1.90 bits per heavy atom. The summed E-state index contributed by atoms with van der Waals surface area (Å²) < 4.78 is 42.2. The summed E-state index contributed by atoms with van der Waals surface area (Å²) in [5.41, 5.74) is 1.01. The maximum absolute atomic E-state index is 13.2. The fraction of sp³-hybridized carbons (Fsp3) is 0.682. The zero-order valence-corrected chi connectivity index (χ0v) is 20.0. The van der Waals surface area contributed by atoms with Crippen LogP contribution in [-0.2, 0) is 19.6 Å².